The van der Waals surface area contributed by atoms with Gasteiger partial charge in [-0.15, -0.1) is 22.7 Å². The second kappa shape index (κ2) is 6.94. The first-order valence-electron chi connectivity index (χ1n) is 6.91. The molecule has 0 spiro atoms. The molecule has 2 heterocycles. The van der Waals surface area contributed by atoms with E-state index in [1.165, 1.54) is 6.07 Å². The second-order valence-electron chi connectivity index (χ2n) is 4.90. The van der Waals surface area contributed by atoms with E-state index < -0.39 is 16.1 Å². The number of aliphatic hydroxyl groups excluding tert-OH is 1. The Bertz CT molecular complexity index is 839. The molecule has 0 aliphatic carbocycles. The summed E-state index contributed by atoms with van der Waals surface area (Å²) in [7, 11) is -3.55. The van der Waals surface area contributed by atoms with Crippen molar-refractivity contribution in [1.29, 1.82) is 0 Å². The van der Waals surface area contributed by atoms with Crippen LogP contribution in [0.5, 0.6) is 0 Å². The van der Waals surface area contributed by atoms with Crippen LogP contribution in [0, 0.1) is 0 Å². The fraction of sp³-hybridized carbons (Fsp3) is 0.125. The molecule has 3 aromatic rings. The lowest BCUT2D eigenvalue weighted by molar-refractivity contribution is 0.182. The Balaban J connectivity index is 1.66. The number of hydrogen-bond donors (Lipinski definition) is 2. The number of benzene rings is 1. The van der Waals surface area contributed by atoms with Gasteiger partial charge in [0.15, 0.2) is 0 Å². The van der Waals surface area contributed by atoms with Gasteiger partial charge in [-0.25, -0.2) is 13.1 Å². The summed E-state index contributed by atoms with van der Waals surface area (Å²) in [5.74, 6) is 0. The van der Waals surface area contributed by atoms with Crippen LogP contribution in [0.4, 0.5) is 0 Å². The van der Waals surface area contributed by atoms with Gasteiger partial charge in [-0.3, -0.25) is 0 Å². The van der Waals surface area contributed by atoms with E-state index in [4.69, 9.17) is 0 Å². The molecule has 120 valence electrons. The smallest absolute Gasteiger partial charge is 0.250 e. The lowest BCUT2D eigenvalue weighted by Crippen LogP contribution is -2.27. The molecule has 0 fully saturated rings. The molecule has 2 N–H and O–H groups in total. The molecule has 0 saturated carbocycles. The molecule has 4 nitrogen and oxygen atoms in total. The van der Waals surface area contributed by atoms with Crippen LogP contribution in [0.1, 0.15) is 11.7 Å². The van der Waals surface area contributed by atoms with Gasteiger partial charge >= 0.3 is 0 Å². The van der Waals surface area contributed by atoms with Gasteiger partial charge in [0.25, 0.3) is 0 Å². The molecule has 23 heavy (non-hydrogen) atoms. The third-order valence-electron chi connectivity index (χ3n) is 3.33. The van der Waals surface area contributed by atoms with E-state index in [9.17, 15) is 13.5 Å². The Morgan fingerprint density at radius 3 is 2.30 bits per heavy atom. The minimum Gasteiger partial charge on any atom is -0.387 e. The molecule has 0 saturated heterocycles. The topological polar surface area (TPSA) is 66.4 Å². The molecule has 1 atom stereocenters. The first kappa shape index (κ1) is 16.4. The van der Waals surface area contributed by atoms with Gasteiger partial charge in [0.1, 0.15) is 4.21 Å². The normalized spacial score (nSPS) is 13.1. The van der Waals surface area contributed by atoms with Crippen molar-refractivity contribution in [3.63, 3.8) is 0 Å². The predicted octanol–water partition coefficient (Wildman–Crippen LogP) is 3.49. The highest BCUT2D eigenvalue weighted by atomic mass is 32.2. The van der Waals surface area contributed by atoms with E-state index in [1.807, 2.05) is 41.8 Å². The summed E-state index contributed by atoms with van der Waals surface area (Å²) >= 11 is 2.80. The Morgan fingerprint density at radius 1 is 1.00 bits per heavy atom. The molecule has 1 unspecified atom stereocenters. The van der Waals surface area contributed by atoms with Crippen molar-refractivity contribution in [3.8, 4) is 10.4 Å². The Hall–Kier alpha value is -1.51. The van der Waals surface area contributed by atoms with Gasteiger partial charge in [0, 0.05) is 11.4 Å². The summed E-state index contributed by atoms with van der Waals surface area (Å²) in [5.41, 5.74) is 1.76. The molecular weight excluding hydrogens is 350 g/mol. The van der Waals surface area contributed by atoms with Gasteiger partial charge in [0.05, 0.1) is 6.10 Å². The van der Waals surface area contributed by atoms with Crippen LogP contribution in [-0.4, -0.2) is 20.1 Å². The van der Waals surface area contributed by atoms with E-state index in [1.54, 1.807) is 22.8 Å². The number of thiophene rings is 2. The summed E-state index contributed by atoms with van der Waals surface area (Å²) in [5, 5.41) is 13.9. The quantitative estimate of drug-likeness (QED) is 0.703. The predicted molar refractivity (Wildman–Crippen MR) is 94.2 cm³/mol. The van der Waals surface area contributed by atoms with E-state index >= 15 is 0 Å². The van der Waals surface area contributed by atoms with E-state index in [0.717, 1.165) is 21.8 Å². The molecule has 0 radical (unpaired) electrons. The van der Waals surface area contributed by atoms with Crippen molar-refractivity contribution in [1.82, 2.24) is 4.72 Å². The zero-order valence-corrected chi connectivity index (χ0v) is 14.5. The number of hydrogen-bond acceptors (Lipinski definition) is 5. The zero-order valence-electron chi connectivity index (χ0n) is 12.0. The molecule has 0 bridgehead atoms. The molecule has 2 aromatic heterocycles. The van der Waals surface area contributed by atoms with Crippen LogP contribution in [0.15, 0.2) is 63.5 Å². The minimum absolute atomic E-state index is 0.0570. The molecule has 1 aromatic carbocycles. The third-order valence-corrected chi connectivity index (χ3v) is 7.07. The average Bonchev–Trinajstić information content (AvgIpc) is 3.26. The fourth-order valence-electron chi connectivity index (χ4n) is 2.11. The standard InChI is InChI=1S/C16H15NO3S3/c18-14(11-17-23(19,20)16-4-2-10-22-16)12-5-7-13(8-6-12)15-3-1-9-21-15/h1-10,14,17-18H,11H2. The highest BCUT2D eigenvalue weighted by Crippen LogP contribution is 2.26. The van der Waals surface area contributed by atoms with Gasteiger partial charge in [-0.1, -0.05) is 36.4 Å². The molecule has 0 aliphatic heterocycles. The van der Waals surface area contributed by atoms with Crippen LogP contribution >= 0.6 is 22.7 Å². The van der Waals surface area contributed by atoms with Crippen molar-refractivity contribution >= 4 is 32.7 Å². The molecule has 3 rings (SSSR count). The van der Waals surface area contributed by atoms with Crippen LogP contribution in [0.3, 0.4) is 0 Å². The SMILES string of the molecule is O=S(=O)(NCC(O)c1ccc(-c2cccs2)cc1)c1cccs1. The average molecular weight is 366 g/mol. The monoisotopic (exact) mass is 365 g/mol. The zero-order chi connectivity index (χ0) is 16.3. The Kier molecular flexibility index (Phi) is 4.93. The van der Waals surface area contributed by atoms with E-state index in [2.05, 4.69) is 4.72 Å². The summed E-state index contributed by atoms with van der Waals surface area (Å²) in [6, 6.07) is 14.7. The maximum atomic E-state index is 12.0. The largest absolute Gasteiger partial charge is 0.387 e. The third kappa shape index (κ3) is 3.88. The van der Waals surface area contributed by atoms with Crippen LogP contribution in [-0.2, 0) is 10.0 Å². The van der Waals surface area contributed by atoms with Crippen molar-refractivity contribution < 1.29 is 13.5 Å². The molecular formula is C16H15NO3S3. The summed E-state index contributed by atoms with van der Waals surface area (Å²) in [4.78, 5) is 1.16. The van der Waals surface area contributed by atoms with Crippen molar-refractivity contribution in [2.24, 2.45) is 0 Å². The lowest BCUT2D eigenvalue weighted by Gasteiger charge is -2.12. The number of sulfonamides is 1. The minimum atomic E-state index is -3.55. The van der Waals surface area contributed by atoms with Crippen LogP contribution < -0.4 is 4.72 Å². The number of rotatable bonds is 6. The van der Waals surface area contributed by atoms with Crippen molar-refractivity contribution in [2.75, 3.05) is 6.54 Å². The Morgan fingerprint density at radius 2 is 1.70 bits per heavy atom. The summed E-state index contributed by atoms with van der Waals surface area (Å²) in [6.07, 6.45) is -0.887. The second-order valence-corrected chi connectivity index (χ2v) is 8.79. The first-order valence-corrected chi connectivity index (χ1v) is 10.2. The maximum absolute atomic E-state index is 12.0. The summed E-state index contributed by atoms with van der Waals surface area (Å²) in [6.45, 7) is -0.0570. The van der Waals surface area contributed by atoms with Crippen LogP contribution in [0.2, 0.25) is 0 Å². The molecule has 0 amide bonds. The number of aliphatic hydroxyl groups is 1. The van der Waals surface area contributed by atoms with Crippen LogP contribution in [0.25, 0.3) is 10.4 Å². The lowest BCUT2D eigenvalue weighted by atomic mass is 10.1. The fourth-order valence-corrected chi connectivity index (χ4v) is 4.92. The highest BCUT2D eigenvalue weighted by molar-refractivity contribution is 7.91. The summed E-state index contributed by atoms with van der Waals surface area (Å²) < 4.78 is 26.7. The first-order chi connectivity index (χ1) is 11.1. The van der Waals surface area contributed by atoms with Crippen molar-refractivity contribution in [2.45, 2.75) is 10.3 Å². The van der Waals surface area contributed by atoms with Gasteiger partial charge in [0.2, 0.25) is 10.0 Å². The molecule has 7 heteroatoms. The van der Waals surface area contributed by atoms with Gasteiger partial charge < -0.3 is 5.11 Å². The Labute approximate surface area is 143 Å². The van der Waals surface area contributed by atoms with Gasteiger partial charge in [-0.2, -0.15) is 0 Å². The highest BCUT2D eigenvalue weighted by Gasteiger charge is 2.17. The van der Waals surface area contributed by atoms with Crippen molar-refractivity contribution in [3.05, 3.63) is 64.9 Å². The molecule has 0 aliphatic rings. The van der Waals surface area contributed by atoms with Gasteiger partial charge in [-0.05, 0) is 34.0 Å². The maximum Gasteiger partial charge on any atom is 0.250 e. The van der Waals surface area contributed by atoms with E-state index in [-0.39, 0.29) is 10.8 Å². The number of nitrogens with one attached hydrogen (secondary N) is 1. The van der Waals surface area contributed by atoms with E-state index in [0.29, 0.717) is 5.56 Å².